The van der Waals surface area contributed by atoms with Crippen LogP contribution in [0.4, 0.5) is 5.82 Å². The summed E-state index contributed by atoms with van der Waals surface area (Å²) in [5, 5.41) is 5.83. The van der Waals surface area contributed by atoms with Crippen LogP contribution in [-0.2, 0) is 6.42 Å². The van der Waals surface area contributed by atoms with Crippen LogP contribution in [-0.4, -0.2) is 23.1 Å². The predicted octanol–water partition coefficient (Wildman–Crippen LogP) is 3.24. The van der Waals surface area contributed by atoms with Crippen molar-refractivity contribution in [2.45, 2.75) is 19.4 Å². The molecule has 1 unspecified atom stereocenters. The highest BCUT2D eigenvalue weighted by atomic mass is 35.5. The monoisotopic (exact) mass is 283 g/mol. The van der Waals surface area contributed by atoms with Gasteiger partial charge >= 0.3 is 6.01 Å². The van der Waals surface area contributed by atoms with Gasteiger partial charge in [-0.15, -0.1) is 11.3 Å². The van der Waals surface area contributed by atoms with Crippen molar-refractivity contribution in [3.05, 3.63) is 33.6 Å². The molecule has 0 saturated carbocycles. The lowest BCUT2D eigenvalue weighted by Crippen LogP contribution is -2.18. The van der Waals surface area contributed by atoms with Gasteiger partial charge < -0.3 is 10.1 Å². The maximum absolute atomic E-state index is 6.04. The van der Waals surface area contributed by atoms with Crippen molar-refractivity contribution in [3.8, 4) is 6.01 Å². The minimum atomic E-state index is 0.237. The Morgan fingerprint density at radius 3 is 3.06 bits per heavy atom. The Hall–Kier alpha value is -1.33. The van der Waals surface area contributed by atoms with Crippen LogP contribution in [0, 0.1) is 0 Å². The zero-order valence-corrected chi connectivity index (χ0v) is 11.8. The third kappa shape index (κ3) is 3.34. The molecule has 1 atom stereocenters. The summed E-state index contributed by atoms with van der Waals surface area (Å²) in [4.78, 5) is 9.45. The molecular weight excluding hydrogens is 270 g/mol. The number of halogens is 1. The van der Waals surface area contributed by atoms with E-state index in [1.165, 1.54) is 18.2 Å². The highest BCUT2D eigenvalue weighted by Gasteiger charge is 2.10. The lowest BCUT2D eigenvalue weighted by atomic mass is 10.2. The average Bonchev–Trinajstić information content (AvgIpc) is 2.84. The summed E-state index contributed by atoms with van der Waals surface area (Å²) in [7, 11) is 1.53. The molecule has 0 fully saturated rings. The smallest absolute Gasteiger partial charge is 0.318 e. The predicted molar refractivity (Wildman–Crippen MR) is 74.7 cm³/mol. The van der Waals surface area contributed by atoms with E-state index in [0.717, 1.165) is 6.42 Å². The number of nitrogens with one attached hydrogen (secondary N) is 1. The SMILES string of the molecule is COc1ncc(Cl)c(NC(C)Cc2cccs2)n1. The van der Waals surface area contributed by atoms with Gasteiger partial charge in [0.2, 0.25) is 0 Å². The minimum absolute atomic E-state index is 0.237. The summed E-state index contributed by atoms with van der Waals surface area (Å²) >= 11 is 7.78. The van der Waals surface area contributed by atoms with Crippen molar-refractivity contribution in [2.24, 2.45) is 0 Å². The van der Waals surface area contributed by atoms with Crippen molar-refractivity contribution in [1.82, 2.24) is 9.97 Å². The number of thiophene rings is 1. The van der Waals surface area contributed by atoms with Crippen LogP contribution in [0.3, 0.4) is 0 Å². The second kappa shape index (κ2) is 6.02. The largest absolute Gasteiger partial charge is 0.467 e. The van der Waals surface area contributed by atoms with Gasteiger partial charge in [-0.1, -0.05) is 17.7 Å². The molecule has 0 bridgehead atoms. The molecule has 0 radical (unpaired) electrons. The molecule has 2 aromatic heterocycles. The third-order valence-corrected chi connectivity index (χ3v) is 3.55. The number of hydrogen-bond acceptors (Lipinski definition) is 5. The normalized spacial score (nSPS) is 12.2. The molecule has 6 heteroatoms. The number of aromatic nitrogens is 2. The summed E-state index contributed by atoms with van der Waals surface area (Å²) < 4.78 is 4.98. The number of rotatable bonds is 5. The summed E-state index contributed by atoms with van der Waals surface area (Å²) in [6.07, 6.45) is 2.47. The van der Waals surface area contributed by atoms with E-state index < -0.39 is 0 Å². The van der Waals surface area contributed by atoms with Crippen LogP contribution in [0.25, 0.3) is 0 Å². The zero-order valence-electron chi connectivity index (χ0n) is 10.2. The topological polar surface area (TPSA) is 47.0 Å². The first-order chi connectivity index (χ1) is 8.69. The fourth-order valence-electron chi connectivity index (χ4n) is 1.57. The molecule has 1 N–H and O–H groups in total. The van der Waals surface area contributed by atoms with Crippen molar-refractivity contribution in [2.75, 3.05) is 12.4 Å². The number of anilines is 1. The molecular formula is C12H14ClN3OS. The van der Waals surface area contributed by atoms with Gasteiger partial charge in [0, 0.05) is 17.3 Å². The molecule has 0 aromatic carbocycles. The number of hydrogen-bond donors (Lipinski definition) is 1. The van der Waals surface area contributed by atoms with E-state index in [1.807, 2.05) is 6.07 Å². The van der Waals surface area contributed by atoms with Gasteiger partial charge in [-0.2, -0.15) is 4.98 Å². The van der Waals surface area contributed by atoms with Crippen molar-refractivity contribution < 1.29 is 4.74 Å². The molecule has 0 spiro atoms. The van der Waals surface area contributed by atoms with Gasteiger partial charge in [0.25, 0.3) is 0 Å². The Balaban J connectivity index is 2.04. The van der Waals surface area contributed by atoms with Crippen LogP contribution in [0.2, 0.25) is 5.02 Å². The van der Waals surface area contributed by atoms with Crippen molar-refractivity contribution in [1.29, 1.82) is 0 Å². The lowest BCUT2D eigenvalue weighted by molar-refractivity contribution is 0.380. The highest BCUT2D eigenvalue weighted by Crippen LogP contribution is 2.22. The van der Waals surface area contributed by atoms with Crippen LogP contribution >= 0.6 is 22.9 Å². The van der Waals surface area contributed by atoms with Gasteiger partial charge in [-0.05, 0) is 18.4 Å². The Bertz CT molecular complexity index is 504. The Morgan fingerprint density at radius 1 is 1.56 bits per heavy atom. The van der Waals surface area contributed by atoms with Crippen LogP contribution in [0.15, 0.2) is 23.7 Å². The molecule has 18 heavy (non-hydrogen) atoms. The second-order valence-corrected chi connectivity index (χ2v) is 5.32. The molecule has 0 saturated heterocycles. The third-order valence-electron chi connectivity index (χ3n) is 2.38. The molecule has 96 valence electrons. The first kappa shape index (κ1) is 13.1. The Morgan fingerprint density at radius 2 is 2.39 bits per heavy atom. The second-order valence-electron chi connectivity index (χ2n) is 3.88. The van der Waals surface area contributed by atoms with Gasteiger partial charge in [0.15, 0.2) is 5.82 Å². The van der Waals surface area contributed by atoms with E-state index in [2.05, 4.69) is 33.7 Å². The maximum Gasteiger partial charge on any atom is 0.318 e. The van der Waals surface area contributed by atoms with Crippen LogP contribution in [0.1, 0.15) is 11.8 Å². The molecule has 2 rings (SSSR count). The number of nitrogens with zero attached hydrogens (tertiary/aromatic N) is 2. The first-order valence-corrected chi connectivity index (χ1v) is 6.80. The summed E-state index contributed by atoms with van der Waals surface area (Å²) in [6.45, 7) is 2.09. The molecule has 0 aliphatic heterocycles. The minimum Gasteiger partial charge on any atom is -0.467 e. The summed E-state index contributed by atoms with van der Waals surface area (Å²) in [6, 6.07) is 4.71. The quantitative estimate of drug-likeness (QED) is 0.915. The maximum atomic E-state index is 6.04. The standard InChI is InChI=1S/C12H14ClN3OS/c1-8(6-9-4-3-5-18-9)15-11-10(13)7-14-12(16-11)17-2/h3-5,7-8H,6H2,1-2H3,(H,14,15,16). The number of methoxy groups -OCH3 is 1. The molecule has 4 nitrogen and oxygen atoms in total. The Kier molecular flexibility index (Phi) is 4.38. The van der Waals surface area contributed by atoms with E-state index in [-0.39, 0.29) is 6.04 Å². The summed E-state index contributed by atoms with van der Waals surface area (Å²) in [5.74, 6) is 0.604. The van der Waals surface area contributed by atoms with Gasteiger partial charge in [-0.3, -0.25) is 0 Å². The number of ether oxygens (including phenoxy) is 1. The average molecular weight is 284 g/mol. The zero-order chi connectivity index (χ0) is 13.0. The molecule has 2 heterocycles. The fraction of sp³-hybridized carbons (Fsp3) is 0.333. The Labute approximate surface area is 115 Å². The van der Waals surface area contributed by atoms with E-state index in [0.29, 0.717) is 16.9 Å². The van der Waals surface area contributed by atoms with Gasteiger partial charge in [-0.25, -0.2) is 4.98 Å². The summed E-state index contributed by atoms with van der Waals surface area (Å²) in [5.41, 5.74) is 0. The van der Waals surface area contributed by atoms with Gasteiger partial charge in [0.1, 0.15) is 5.02 Å². The van der Waals surface area contributed by atoms with Crippen LogP contribution in [0.5, 0.6) is 6.01 Å². The van der Waals surface area contributed by atoms with Crippen molar-refractivity contribution in [3.63, 3.8) is 0 Å². The van der Waals surface area contributed by atoms with E-state index in [9.17, 15) is 0 Å². The fourth-order valence-corrected chi connectivity index (χ4v) is 2.55. The highest BCUT2D eigenvalue weighted by molar-refractivity contribution is 7.09. The molecule has 0 aliphatic carbocycles. The van der Waals surface area contributed by atoms with E-state index in [4.69, 9.17) is 16.3 Å². The first-order valence-electron chi connectivity index (χ1n) is 5.54. The molecule has 0 aliphatic rings. The lowest BCUT2D eigenvalue weighted by Gasteiger charge is -2.14. The van der Waals surface area contributed by atoms with Crippen LogP contribution < -0.4 is 10.1 Å². The van der Waals surface area contributed by atoms with E-state index >= 15 is 0 Å². The van der Waals surface area contributed by atoms with Gasteiger partial charge in [0.05, 0.1) is 13.3 Å². The molecule has 2 aromatic rings. The van der Waals surface area contributed by atoms with Crippen molar-refractivity contribution >= 4 is 28.8 Å². The molecule has 0 amide bonds. The van der Waals surface area contributed by atoms with E-state index in [1.54, 1.807) is 11.3 Å².